The van der Waals surface area contributed by atoms with Crippen molar-refractivity contribution in [1.82, 2.24) is 4.90 Å². The van der Waals surface area contributed by atoms with Gasteiger partial charge in [0, 0.05) is 30.3 Å². The maximum atomic E-state index is 12.7. The number of rotatable bonds is 4. The molecular weight excluding hydrogens is 417 g/mol. The number of halogens is 3. The van der Waals surface area contributed by atoms with E-state index in [1.54, 1.807) is 6.92 Å². The standard InChI is InChI=1S/C21H19F3N2O5/c1-13-12-17(6-7-18(13)26(29)30)31-20(28)15-8-10-25(11-9-15)19(27)14-2-4-16(5-3-14)21(22,23)24/h2-7,12,15H,8-11H2,1H3. The highest BCUT2D eigenvalue weighted by molar-refractivity contribution is 5.94. The number of ether oxygens (including phenoxy) is 1. The molecule has 10 heteroatoms. The van der Waals surface area contributed by atoms with Gasteiger partial charge >= 0.3 is 12.1 Å². The molecule has 1 saturated heterocycles. The van der Waals surface area contributed by atoms with Gasteiger partial charge in [-0.3, -0.25) is 19.7 Å². The van der Waals surface area contributed by atoms with Crippen molar-refractivity contribution in [2.45, 2.75) is 25.9 Å². The van der Waals surface area contributed by atoms with Crippen LogP contribution in [0.2, 0.25) is 0 Å². The average Bonchev–Trinajstić information content (AvgIpc) is 2.72. The molecule has 2 aromatic rings. The Labute approximate surface area is 175 Å². The average molecular weight is 436 g/mol. The van der Waals surface area contributed by atoms with Crippen LogP contribution in [0.25, 0.3) is 0 Å². The summed E-state index contributed by atoms with van der Waals surface area (Å²) < 4.78 is 43.3. The predicted octanol–water partition coefficient (Wildman–Crippen LogP) is 4.38. The second-order valence-electron chi connectivity index (χ2n) is 7.27. The van der Waals surface area contributed by atoms with E-state index in [9.17, 15) is 32.9 Å². The fourth-order valence-corrected chi connectivity index (χ4v) is 3.40. The molecule has 0 bridgehead atoms. The van der Waals surface area contributed by atoms with Crippen molar-refractivity contribution in [3.63, 3.8) is 0 Å². The second kappa shape index (κ2) is 8.75. The quantitative estimate of drug-likeness (QED) is 0.307. The van der Waals surface area contributed by atoms with E-state index in [1.807, 2.05) is 0 Å². The van der Waals surface area contributed by atoms with Crippen LogP contribution in [-0.4, -0.2) is 34.8 Å². The molecule has 0 N–H and O–H groups in total. The van der Waals surface area contributed by atoms with Crippen LogP contribution >= 0.6 is 0 Å². The smallest absolute Gasteiger partial charge is 0.416 e. The Morgan fingerprint density at radius 2 is 1.71 bits per heavy atom. The number of carbonyl (C=O) groups excluding carboxylic acids is 2. The van der Waals surface area contributed by atoms with Crippen LogP contribution in [0.15, 0.2) is 42.5 Å². The number of benzene rings is 2. The van der Waals surface area contributed by atoms with E-state index < -0.39 is 34.5 Å². The zero-order valence-corrected chi connectivity index (χ0v) is 16.5. The van der Waals surface area contributed by atoms with Crippen LogP contribution in [0.5, 0.6) is 5.75 Å². The summed E-state index contributed by atoms with van der Waals surface area (Å²) in [6.45, 7) is 2.07. The highest BCUT2D eigenvalue weighted by atomic mass is 19.4. The van der Waals surface area contributed by atoms with Crippen molar-refractivity contribution in [2.75, 3.05) is 13.1 Å². The summed E-state index contributed by atoms with van der Waals surface area (Å²) in [5.41, 5.74) is -0.385. The number of piperidine rings is 1. The lowest BCUT2D eigenvalue weighted by atomic mass is 9.96. The number of likely N-dealkylation sites (tertiary alicyclic amines) is 1. The van der Waals surface area contributed by atoms with E-state index in [-0.39, 0.29) is 30.1 Å². The second-order valence-corrected chi connectivity index (χ2v) is 7.27. The normalized spacial score (nSPS) is 14.9. The SMILES string of the molecule is Cc1cc(OC(=O)C2CCN(C(=O)c3ccc(C(F)(F)F)cc3)CC2)ccc1[N+](=O)[O-]. The summed E-state index contributed by atoms with van der Waals surface area (Å²) in [7, 11) is 0. The summed E-state index contributed by atoms with van der Waals surface area (Å²) in [6.07, 6.45) is -3.78. The minimum atomic E-state index is -4.47. The van der Waals surface area contributed by atoms with Crippen molar-refractivity contribution in [3.05, 3.63) is 69.3 Å². The molecule has 0 saturated carbocycles. The summed E-state index contributed by atoms with van der Waals surface area (Å²) in [4.78, 5) is 36.8. The zero-order chi connectivity index (χ0) is 22.8. The molecule has 7 nitrogen and oxygen atoms in total. The third-order valence-electron chi connectivity index (χ3n) is 5.16. The monoisotopic (exact) mass is 436 g/mol. The maximum absolute atomic E-state index is 12.7. The number of alkyl halides is 3. The van der Waals surface area contributed by atoms with Crippen molar-refractivity contribution in [1.29, 1.82) is 0 Å². The number of nitrogens with zero attached hydrogens (tertiary/aromatic N) is 2. The van der Waals surface area contributed by atoms with Gasteiger partial charge in [-0.15, -0.1) is 0 Å². The number of aryl methyl sites for hydroxylation is 1. The Bertz CT molecular complexity index is 997. The molecule has 31 heavy (non-hydrogen) atoms. The third-order valence-corrected chi connectivity index (χ3v) is 5.16. The Hall–Kier alpha value is -3.43. The van der Waals surface area contributed by atoms with E-state index in [4.69, 9.17) is 4.74 Å². The first-order valence-corrected chi connectivity index (χ1v) is 9.49. The number of carbonyl (C=O) groups is 2. The molecule has 1 heterocycles. The van der Waals surface area contributed by atoms with E-state index >= 15 is 0 Å². The summed E-state index contributed by atoms with van der Waals surface area (Å²) in [6, 6.07) is 8.05. The van der Waals surface area contributed by atoms with Crippen molar-refractivity contribution in [2.24, 2.45) is 5.92 Å². The van der Waals surface area contributed by atoms with E-state index in [2.05, 4.69) is 0 Å². The first-order chi connectivity index (χ1) is 14.6. The van der Waals surface area contributed by atoms with Crippen molar-refractivity contribution >= 4 is 17.6 Å². The number of nitro benzene ring substituents is 1. The predicted molar refractivity (Wildman–Crippen MR) is 104 cm³/mol. The highest BCUT2D eigenvalue weighted by Gasteiger charge is 2.32. The van der Waals surface area contributed by atoms with Gasteiger partial charge in [-0.2, -0.15) is 13.2 Å². The molecule has 0 unspecified atom stereocenters. The summed E-state index contributed by atoms with van der Waals surface area (Å²) in [5.74, 6) is -1.13. The van der Waals surface area contributed by atoms with Crippen LogP contribution in [0, 0.1) is 23.0 Å². The fourth-order valence-electron chi connectivity index (χ4n) is 3.40. The van der Waals surface area contributed by atoms with Gasteiger partial charge in [0.05, 0.1) is 16.4 Å². The molecule has 0 spiro atoms. The minimum Gasteiger partial charge on any atom is -0.426 e. The molecule has 1 amide bonds. The van der Waals surface area contributed by atoms with Crippen molar-refractivity contribution in [3.8, 4) is 5.75 Å². The van der Waals surface area contributed by atoms with Gasteiger partial charge in [-0.05, 0) is 56.2 Å². The largest absolute Gasteiger partial charge is 0.426 e. The third kappa shape index (κ3) is 5.19. The first kappa shape index (κ1) is 22.3. The van der Waals surface area contributed by atoms with Gasteiger partial charge in [0.2, 0.25) is 0 Å². The number of amides is 1. The Kier molecular flexibility index (Phi) is 6.28. The Balaban J connectivity index is 1.56. The molecule has 0 radical (unpaired) electrons. The van der Waals surface area contributed by atoms with E-state index in [0.717, 1.165) is 24.3 Å². The van der Waals surface area contributed by atoms with Crippen LogP contribution in [0.1, 0.15) is 34.3 Å². The topological polar surface area (TPSA) is 89.8 Å². The number of esters is 1. The van der Waals surface area contributed by atoms with Crippen LogP contribution < -0.4 is 4.74 Å². The Morgan fingerprint density at radius 1 is 1.10 bits per heavy atom. The summed E-state index contributed by atoms with van der Waals surface area (Å²) in [5, 5.41) is 10.9. The molecular formula is C21H19F3N2O5. The maximum Gasteiger partial charge on any atom is 0.416 e. The molecule has 0 atom stereocenters. The van der Waals surface area contributed by atoms with Gasteiger partial charge in [0.15, 0.2) is 0 Å². The molecule has 1 aliphatic heterocycles. The summed E-state index contributed by atoms with van der Waals surface area (Å²) >= 11 is 0. The number of nitro groups is 1. The van der Waals surface area contributed by atoms with Gasteiger partial charge in [-0.25, -0.2) is 0 Å². The van der Waals surface area contributed by atoms with Gasteiger partial charge in [0.1, 0.15) is 5.75 Å². The molecule has 2 aromatic carbocycles. The van der Waals surface area contributed by atoms with E-state index in [1.165, 1.54) is 23.1 Å². The molecule has 1 aliphatic rings. The van der Waals surface area contributed by atoms with Crippen LogP contribution in [0.4, 0.5) is 18.9 Å². The van der Waals surface area contributed by atoms with E-state index in [0.29, 0.717) is 18.4 Å². The van der Waals surface area contributed by atoms with Crippen LogP contribution in [0.3, 0.4) is 0 Å². The fraction of sp³-hybridized carbons (Fsp3) is 0.333. The first-order valence-electron chi connectivity index (χ1n) is 9.49. The molecule has 3 rings (SSSR count). The Morgan fingerprint density at radius 3 is 2.23 bits per heavy atom. The number of hydrogen-bond donors (Lipinski definition) is 0. The lowest BCUT2D eigenvalue weighted by Gasteiger charge is -2.31. The van der Waals surface area contributed by atoms with Gasteiger partial charge < -0.3 is 9.64 Å². The molecule has 0 aliphatic carbocycles. The van der Waals surface area contributed by atoms with Gasteiger partial charge in [-0.1, -0.05) is 0 Å². The highest BCUT2D eigenvalue weighted by Crippen LogP contribution is 2.30. The lowest BCUT2D eigenvalue weighted by molar-refractivity contribution is -0.385. The lowest BCUT2D eigenvalue weighted by Crippen LogP contribution is -2.41. The van der Waals surface area contributed by atoms with Gasteiger partial charge in [0.25, 0.3) is 11.6 Å². The number of hydrogen-bond acceptors (Lipinski definition) is 5. The molecule has 0 aromatic heterocycles. The van der Waals surface area contributed by atoms with Crippen LogP contribution in [-0.2, 0) is 11.0 Å². The van der Waals surface area contributed by atoms with Crippen molar-refractivity contribution < 1.29 is 32.4 Å². The zero-order valence-electron chi connectivity index (χ0n) is 16.5. The molecule has 1 fully saturated rings. The molecule has 164 valence electrons. The minimum absolute atomic E-state index is 0.0742.